The van der Waals surface area contributed by atoms with Crippen molar-refractivity contribution in [3.8, 4) is 0 Å². The number of aryl methyl sites for hydroxylation is 2. The highest BCUT2D eigenvalue weighted by Crippen LogP contribution is 2.19. The Morgan fingerprint density at radius 2 is 2.17 bits per heavy atom. The van der Waals surface area contributed by atoms with Crippen molar-refractivity contribution < 1.29 is 5.11 Å². The quantitative estimate of drug-likeness (QED) is 0.711. The Balaban J connectivity index is 2.49. The summed E-state index contributed by atoms with van der Waals surface area (Å²) >= 11 is 1.76. The molecule has 0 amide bonds. The fraction of sp³-hybridized carbons (Fsp3) is 0.643. The number of hydrogen-bond donors (Lipinski definition) is 2. The summed E-state index contributed by atoms with van der Waals surface area (Å²) in [5.41, 5.74) is 2.32. The normalized spacial score (nSPS) is 12.7. The van der Waals surface area contributed by atoms with Gasteiger partial charge in [0.05, 0.1) is 5.03 Å². The molecule has 0 aliphatic heterocycles. The maximum absolute atomic E-state index is 9.06. The van der Waals surface area contributed by atoms with Gasteiger partial charge in [-0.15, -0.1) is 11.8 Å². The molecule has 0 aliphatic carbocycles. The van der Waals surface area contributed by atoms with Gasteiger partial charge >= 0.3 is 0 Å². The second-order valence-corrected chi connectivity index (χ2v) is 5.64. The van der Waals surface area contributed by atoms with Crippen molar-refractivity contribution in [1.82, 2.24) is 10.3 Å². The fourth-order valence-corrected chi connectivity index (χ4v) is 2.95. The molecule has 0 radical (unpaired) electrons. The van der Waals surface area contributed by atoms with E-state index in [0.29, 0.717) is 6.04 Å². The Kier molecular flexibility index (Phi) is 7.32. The van der Waals surface area contributed by atoms with Crippen LogP contribution < -0.4 is 5.32 Å². The van der Waals surface area contributed by atoms with Crippen molar-refractivity contribution in [2.24, 2.45) is 0 Å². The van der Waals surface area contributed by atoms with E-state index in [1.165, 1.54) is 5.56 Å². The first-order valence-corrected chi connectivity index (χ1v) is 7.56. The van der Waals surface area contributed by atoms with Crippen LogP contribution in [0.3, 0.4) is 0 Å². The molecule has 0 fully saturated rings. The molecule has 1 aromatic heterocycles. The highest BCUT2D eigenvalue weighted by molar-refractivity contribution is 7.99. The van der Waals surface area contributed by atoms with Crippen LogP contribution in [0.4, 0.5) is 0 Å². The molecule has 0 saturated heterocycles. The van der Waals surface area contributed by atoms with Gasteiger partial charge in [-0.1, -0.05) is 6.92 Å². The fourth-order valence-electron chi connectivity index (χ4n) is 1.81. The molecule has 4 heteroatoms. The van der Waals surface area contributed by atoms with Crippen LogP contribution in [-0.4, -0.2) is 35.0 Å². The van der Waals surface area contributed by atoms with E-state index in [0.717, 1.165) is 35.9 Å². The van der Waals surface area contributed by atoms with E-state index in [-0.39, 0.29) is 6.61 Å². The molecule has 2 N–H and O–H groups in total. The molecule has 1 atom stereocenters. The van der Waals surface area contributed by atoms with Crippen LogP contribution in [0.15, 0.2) is 17.2 Å². The minimum absolute atomic E-state index is 0.238. The SMILES string of the molecule is CCCNC(CCO)CSc1cc(C)cc(C)n1. The number of aromatic nitrogens is 1. The third-order valence-electron chi connectivity index (χ3n) is 2.67. The number of pyridine rings is 1. The zero-order chi connectivity index (χ0) is 13.4. The van der Waals surface area contributed by atoms with Gasteiger partial charge in [0.25, 0.3) is 0 Å². The van der Waals surface area contributed by atoms with E-state index in [9.17, 15) is 0 Å². The summed E-state index contributed by atoms with van der Waals surface area (Å²) in [5.74, 6) is 0.955. The standard InChI is InChI=1S/C14H24N2OS/c1-4-6-15-13(5-7-17)10-18-14-9-11(2)8-12(3)16-14/h8-9,13,15,17H,4-7,10H2,1-3H3. The molecular weight excluding hydrogens is 244 g/mol. The van der Waals surface area contributed by atoms with Crippen molar-refractivity contribution in [2.75, 3.05) is 18.9 Å². The van der Waals surface area contributed by atoms with Crippen molar-refractivity contribution in [1.29, 1.82) is 0 Å². The first kappa shape index (κ1) is 15.5. The minimum atomic E-state index is 0.238. The molecule has 3 nitrogen and oxygen atoms in total. The van der Waals surface area contributed by atoms with Gasteiger partial charge in [-0.05, 0) is 50.9 Å². The lowest BCUT2D eigenvalue weighted by Gasteiger charge is -2.16. The molecule has 1 aromatic rings. The van der Waals surface area contributed by atoms with E-state index < -0.39 is 0 Å². The number of hydrogen-bond acceptors (Lipinski definition) is 4. The third kappa shape index (κ3) is 5.85. The Morgan fingerprint density at radius 3 is 2.78 bits per heavy atom. The summed E-state index contributed by atoms with van der Waals surface area (Å²) < 4.78 is 0. The number of aliphatic hydroxyl groups is 1. The van der Waals surface area contributed by atoms with Crippen molar-refractivity contribution in [3.05, 3.63) is 23.4 Å². The zero-order valence-corrected chi connectivity index (χ0v) is 12.4. The van der Waals surface area contributed by atoms with Gasteiger partial charge in [-0.3, -0.25) is 0 Å². The molecule has 0 spiro atoms. The summed E-state index contributed by atoms with van der Waals surface area (Å²) in [6.07, 6.45) is 1.92. The van der Waals surface area contributed by atoms with Crippen LogP contribution in [0.5, 0.6) is 0 Å². The van der Waals surface area contributed by atoms with E-state index in [1.54, 1.807) is 11.8 Å². The van der Waals surface area contributed by atoms with E-state index in [2.05, 4.69) is 36.3 Å². The van der Waals surface area contributed by atoms with Crippen LogP contribution in [0, 0.1) is 13.8 Å². The first-order chi connectivity index (χ1) is 8.65. The second-order valence-electron chi connectivity index (χ2n) is 4.60. The summed E-state index contributed by atoms with van der Waals surface area (Å²) in [7, 11) is 0. The molecule has 18 heavy (non-hydrogen) atoms. The summed E-state index contributed by atoms with van der Waals surface area (Å²) in [6.45, 7) is 7.52. The predicted molar refractivity (Wildman–Crippen MR) is 78.2 cm³/mol. The van der Waals surface area contributed by atoms with Gasteiger partial charge in [-0.25, -0.2) is 4.98 Å². The van der Waals surface area contributed by atoms with E-state index in [1.807, 2.05) is 6.92 Å². The average Bonchev–Trinajstić information content (AvgIpc) is 2.31. The maximum Gasteiger partial charge on any atom is 0.0966 e. The van der Waals surface area contributed by atoms with Gasteiger partial charge < -0.3 is 10.4 Å². The van der Waals surface area contributed by atoms with E-state index >= 15 is 0 Å². The molecule has 0 aliphatic rings. The van der Waals surface area contributed by atoms with Gasteiger partial charge in [-0.2, -0.15) is 0 Å². The number of nitrogens with zero attached hydrogens (tertiary/aromatic N) is 1. The van der Waals surface area contributed by atoms with Crippen molar-refractivity contribution >= 4 is 11.8 Å². The molecule has 1 heterocycles. The van der Waals surface area contributed by atoms with Crippen LogP contribution in [-0.2, 0) is 0 Å². The Bertz CT molecular complexity index is 337. The number of nitrogens with one attached hydrogen (secondary N) is 1. The Labute approximate surface area is 114 Å². The molecule has 102 valence electrons. The molecular formula is C14H24N2OS. The van der Waals surface area contributed by atoms with Gasteiger partial charge in [0.15, 0.2) is 0 Å². The molecule has 0 saturated carbocycles. The predicted octanol–water partition coefficient (Wildman–Crippen LogP) is 2.54. The Morgan fingerprint density at radius 1 is 1.39 bits per heavy atom. The highest BCUT2D eigenvalue weighted by atomic mass is 32.2. The van der Waals surface area contributed by atoms with Crippen LogP contribution >= 0.6 is 11.8 Å². The van der Waals surface area contributed by atoms with Gasteiger partial charge in [0.2, 0.25) is 0 Å². The van der Waals surface area contributed by atoms with Gasteiger partial charge in [0.1, 0.15) is 0 Å². The molecule has 0 bridgehead atoms. The van der Waals surface area contributed by atoms with Crippen LogP contribution in [0.2, 0.25) is 0 Å². The topological polar surface area (TPSA) is 45.1 Å². The number of rotatable bonds is 8. The van der Waals surface area contributed by atoms with Crippen LogP contribution in [0.25, 0.3) is 0 Å². The lowest BCUT2D eigenvalue weighted by Crippen LogP contribution is -2.32. The largest absolute Gasteiger partial charge is 0.396 e. The third-order valence-corrected chi connectivity index (χ3v) is 3.74. The van der Waals surface area contributed by atoms with Crippen LogP contribution in [0.1, 0.15) is 31.0 Å². The van der Waals surface area contributed by atoms with Gasteiger partial charge in [0, 0.05) is 24.1 Å². The first-order valence-electron chi connectivity index (χ1n) is 6.58. The second kappa shape index (κ2) is 8.51. The highest BCUT2D eigenvalue weighted by Gasteiger charge is 2.08. The molecule has 0 aromatic carbocycles. The number of thioether (sulfide) groups is 1. The van der Waals surface area contributed by atoms with Crippen molar-refractivity contribution in [3.63, 3.8) is 0 Å². The van der Waals surface area contributed by atoms with Crippen molar-refractivity contribution in [2.45, 2.75) is 44.7 Å². The maximum atomic E-state index is 9.06. The smallest absolute Gasteiger partial charge is 0.0966 e. The summed E-state index contributed by atoms with van der Waals surface area (Å²) in [4.78, 5) is 4.52. The molecule has 1 unspecified atom stereocenters. The summed E-state index contributed by atoms with van der Waals surface area (Å²) in [5, 5.41) is 13.6. The zero-order valence-electron chi connectivity index (χ0n) is 11.6. The van der Waals surface area contributed by atoms with E-state index in [4.69, 9.17) is 5.11 Å². The molecule has 1 rings (SSSR count). The monoisotopic (exact) mass is 268 g/mol. The lowest BCUT2D eigenvalue weighted by atomic mass is 10.2. The minimum Gasteiger partial charge on any atom is -0.396 e. The Hall–Kier alpha value is -0.580. The average molecular weight is 268 g/mol. The number of aliphatic hydroxyl groups excluding tert-OH is 1. The lowest BCUT2D eigenvalue weighted by molar-refractivity contribution is 0.270. The summed E-state index contributed by atoms with van der Waals surface area (Å²) in [6, 6.07) is 4.57.